The molecule has 1 aromatic rings. The van der Waals surface area contributed by atoms with Crippen molar-refractivity contribution in [2.45, 2.75) is 5.88 Å². The Morgan fingerprint density at radius 2 is 2.25 bits per heavy atom. The number of alkyl halides is 1. The molecule has 0 spiro atoms. The number of ether oxygens (including phenoxy) is 1. The molecule has 0 atom stereocenters. The first-order valence-electron chi connectivity index (χ1n) is 4.84. The third-order valence-electron chi connectivity index (χ3n) is 2.31. The number of cyclic esters (lactones) is 1. The van der Waals surface area contributed by atoms with Gasteiger partial charge in [0.25, 0.3) is 0 Å². The van der Waals surface area contributed by atoms with Crippen LogP contribution in [0.4, 0.5) is 4.79 Å². The molecular formula is C11H11ClN2O2. The molecule has 4 nitrogen and oxygen atoms in total. The Morgan fingerprint density at radius 1 is 1.50 bits per heavy atom. The third kappa shape index (κ3) is 2.02. The Labute approximate surface area is 98.5 Å². The number of nitrogens with zero attached hydrogens (tertiary/aromatic N) is 2. The van der Waals surface area contributed by atoms with E-state index in [9.17, 15) is 4.79 Å². The fourth-order valence-electron chi connectivity index (χ4n) is 1.41. The van der Waals surface area contributed by atoms with Gasteiger partial charge in [-0.1, -0.05) is 18.2 Å². The van der Waals surface area contributed by atoms with E-state index in [4.69, 9.17) is 16.3 Å². The standard InChI is InChI=1S/C11H11ClN2O2/c1-14-7-13-10(16-11(14)15)9-5-3-2-4-8(9)6-12/h2-5H,6-7H2,1H3. The fourth-order valence-corrected chi connectivity index (χ4v) is 1.64. The van der Waals surface area contributed by atoms with E-state index >= 15 is 0 Å². The number of carbonyl (C=O) groups is 1. The molecule has 0 aliphatic carbocycles. The molecule has 1 aliphatic heterocycles. The van der Waals surface area contributed by atoms with Gasteiger partial charge in [0.2, 0.25) is 5.90 Å². The van der Waals surface area contributed by atoms with Crippen molar-refractivity contribution in [3.05, 3.63) is 35.4 Å². The molecule has 1 heterocycles. The van der Waals surface area contributed by atoms with E-state index in [2.05, 4.69) is 4.99 Å². The molecule has 5 heteroatoms. The lowest BCUT2D eigenvalue weighted by atomic mass is 10.1. The summed E-state index contributed by atoms with van der Waals surface area (Å²) < 4.78 is 5.11. The predicted octanol–water partition coefficient (Wildman–Crippen LogP) is 2.21. The van der Waals surface area contributed by atoms with Crippen LogP contribution in [0.2, 0.25) is 0 Å². The number of hydrogen-bond donors (Lipinski definition) is 0. The van der Waals surface area contributed by atoms with Crippen LogP contribution in [0.1, 0.15) is 11.1 Å². The van der Waals surface area contributed by atoms with Gasteiger partial charge in [-0.25, -0.2) is 9.79 Å². The van der Waals surface area contributed by atoms with E-state index in [1.54, 1.807) is 7.05 Å². The normalized spacial score (nSPS) is 15.8. The van der Waals surface area contributed by atoms with E-state index in [-0.39, 0.29) is 0 Å². The first-order valence-corrected chi connectivity index (χ1v) is 5.37. The molecule has 2 rings (SSSR count). The minimum atomic E-state index is -0.394. The summed E-state index contributed by atoms with van der Waals surface area (Å²) in [5, 5.41) is 0. The second-order valence-electron chi connectivity index (χ2n) is 3.46. The second-order valence-corrected chi connectivity index (χ2v) is 3.73. The van der Waals surface area contributed by atoms with E-state index in [0.717, 1.165) is 11.1 Å². The zero-order chi connectivity index (χ0) is 11.5. The van der Waals surface area contributed by atoms with Crippen molar-refractivity contribution in [1.29, 1.82) is 0 Å². The third-order valence-corrected chi connectivity index (χ3v) is 2.60. The van der Waals surface area contributed by atoms with Crippen molar-refractivity contribution in [1.82, 2.24) is 4.90 Å². The fraction of sp³-hybridized carbons (Fsp3) is 0.273. The van der Waals surface area contributed by atoms with Crippen LogP contribution < -0.4 is 0 Å². The van der Waals surface area contributed by atoms with E-state index in [1.807, 2.05) is 24.3 Å². The molecule has 16 heavy (non-hydrogen) atoms. The van der Waals surface area contributed by atoms with Crippen molar-refractivity contribution in [3.8, 4) is 0 Å². The van der Waals surface area contributed by atoms with Gasteiger partial charge in [0.05, 0.1) is 0 Å². The number of halogens is 1. The molecule has 1 amide bonds. The number of rotatable bonds is 2. The van der Waals surface area contributed by atoms with Gasteiger partial charge in [0.1, 0.15) is 6.67 Å². The van der Waals surface area contributed by atoms with E-state index in [1.165, 1.54) is 4.90 Å². The molecule has 1 aromatic carbocycles. The summed E-state index contributed by atoms with van der Waals surface area (Å²) in [5.41, 5.74) is 1.68. The SMILES string of the molecule is CN1CN=C(c2ccccc2CCl)OC1=O. The van der Waals surface area contributed by atoms with Gasteiger partial charge in [-0.2, -0.15) is 0 Å². The van der Waals surface area contributed by atoms with Gasteiger partial charge in [0.15, 0.2) is 0 Å². The van der Waals surface area contributed by atoms with Gasteiger partial charge < -0.3 is 4.74 Å². The largest absolute Gasteiger partial charge is 0.417 e. The van der Waals surface area contributed by atoms with Crippen LogP contribution in [0.3, 0.4) is 0 Å². The highest BCUT2D eigenvalue weighted by Gasteiger charge is 2.21. The number of aliphatic imine (C=N–C) groups is 1. The highest BCUT2D eigenvalue weighted by Crippen LogP contribution is 2.16. The summed E-state index contributed by atoms with van der Waals surface area (Å²) in [6, 6.07) is 7.48. The van der Waals surface area contributed by atoms with Crippen molar-refractivity contribution >= 4 is 23.6 Å². The molecule has 0 bridgehead atoms. The maximum absolute atomic E-state index is 11.4. The Morgan fingerprint density at radius 3 is 2.94 bits per heavy atom. The quantitative estimate of drug-likeness (QED) is 0.742. The Kier molecular flexibility index (Phi) is 3.10. The number of carbonyl (C=O) groups excluding carboxylic acids is 1. The zero-order valence-corrected chi connectivity index (χ0v) is 9.57. The predicted molar refractivity (Wildman–Crippen MR) is 61.6 cm³/mol. The van der Waals surface area contributed by atoms with Crippen LogP contribution in [0.25, 0.3) is 0 Å². The Bertz CT molecular complexity index is 445. The lowest BCUT2D eigenvalue weighted by molar-refractivity contribution is 0.153. The lowest BCUT2D eigenvalue weighted by Crippen LogP contribution is -2.35. The van der Waals surface area contributed by atoms with Gasteiger partial charge in [-0.15, -0.1) is 11.6 Å². The second kappa shape index (κ2) is 4.53. The van der Waals surface area contributed by atoms with Crippen LogP contribution >= 0.6 is 11.6 Å². The molecule has 0 saturated heterocycles. The van der Waals surface area contributed by atoms with Crippen molar-refractivity contribution in [2.75, 3.05) is 13.7 Å². The van der Waals surface area contributed by atoms with E-state index < -0.39 is 6.09 Å². The smallest absolute Gasteiger partial charge is 0.391 e. The first-order chi connectivity index (χ1) is 7.72. The molecule has 84 valence electrons. The van der Waals surface area contributed by atoms with Crippen LogP contribution in [0.5, 0.6) is 0 Å². The zero-order valence-electron chi connectivity index (χ0n) is 8.81. The van der Waals surface area contributed by atoms with Gasteiger partial charge >= 0.3 is 6.09 Å². The topological polar surface area (TPSA) is 41.9 Å². The maximum Gasteiger partial charge on any atom is 0.417 e. The lowest BCUT2D eigenvalue weighted by Gasteiger charge is -2.21. The highest BCUT2D eigenvalue weighted by molar-refractivity contribution is 6.18. The molecular weight excluding hydrogens is 228 g/mol. The minimum Gasteiger partial charge on any atom is -0.391 e. The Hall–Kier alpha value is -1.55. The van der Waals surface area contributed by atoms with Crippen LogP contribution in [-0.2, 0) is 10.6 Å². The highest BCUT2D eigenvalue weighted by atomic mass is 35.5. The molecule has 1 aliphatic rings. The van der Waals surface area contributed by atoms with Gasteiger partial charge in [0, 0.05) is 18.5 Å². The van der Waals surface area contributed by atoms with Crippen LogP contribution in [-0.4, -0.2) is 30.6 Å². The summed E-state index contributed by atoms with van der Waals surface area (Å²) in [6.07, 6.45) is -0.394. The summed E-state index contributed by atoms with van der Waals surface area (Å²) in [5.74, 6) is 0.710. The number of amides is 1. The molecule has 0 aromatic heterocycles. The Balaban J connectivity index is 2.34. The average molecular weight is 239 g/mol. The molecule has 0 unspecified atom stereocenters. The van der Waals surface area contributed by atoms with Crippen LogP contribution in [0, 0.1) is 0 Å². The van der Waals surface area contributed by atoms with Crippen molar-refractivity contribution in [2.24, 2.45) is 4.99 Å². The number of benzene rings is 1. The van der Waals surface area contributed by atoms with Crippen molar-refractivity contribution in [3.63, 3.8) is 0 Å². The number of hydrogen-bond acceptors (Lipinski definition) is 3. The first kappa shape index (κ1) is 11.0. The van der Waals surface area contributed by atoms with Gasteiger partial charge in [-0.05, 0) is 11.6 Å². The monoisotopic (exact) mass is 238 g/mol. The summed E-state index contributed by atoms with van der Waals surface area (Å²) in [4.78, 5) is 16.9. The van der Waals surface area contributed by atoms with Crippen molar-refractivity contribution < 1.29 is 9.53 Å². The molecule has 0 fully saturated rings. The summed E-state index contributed by atoms with van der Waals surface area (Å²) >= 11 is 5.81. The van der Waals surface area contributed by atoms with Crippen LogP contribution in [0.15, 0.2) is 29.3 Å². The molecule has 0 N–H and O–H groups in total. The molecule has 0 saturated carbocycles. The van der Waals surface area contributed by atoms with Gasteiger partial charge in [-0.3, -0.25) is 4.90 Å². The molecule has 0 radical (unpaired) electrons. The minimum absolute atomic E-state index is 0.310. The van der Waals surface area contributed by atoms with E-state index in [0.29, 0.717) is 18.4 Å². The summed E-state index contributed by atoms with van der Waals surface area (Å²) in [6.45, 7) is 0.310. The maximum atomic E-state index is 11.4. The average Bonchev–Trinajstić information content (AvgIpc) is 2.32. The summed E-state index contributed by atoms with van der Waals surface area (Å²) in [7, 11) is 1.63.